The number of aromatic nitrogens is 3. The highest BCUT2D eigenvalue weighted by Gasteiger charge is 2.24. The van der Waals surface area contributed by atoms with Gasteiger partial charge in [-0.2, -0.15) is 0 Å². The van der Waals surface area contributed by atoms with E-state index in [1.54, 1.807) is 24.8 Å². The average Bonchev–Trinajstić information content (AvgIpc) is 3.37. The van der Waals surface area contributed by atoms with E-state index in [4.69, 9.17) is 0 Å². The molecule has 0 saturated heterocycles. The predicted molar refractivity (Wildman–Crippen MR) is 83.7 cm³/mol. The number of likely N-dealkylation sites (N-methyl/N-ethyl adjacent to an activating group) is 1. The minimum atomic E-state index is -0.0894. The highest BCUT2D eigenvalue weighted by atomic mass is 16.1. The van der Waals surface area contributed by atoms with Crippen LogP contribution >= 0.6 is 0 Å². The zero-order valence-electron chi connectivity index (χ0n) is 12.6. The summed E-state index contributed by atoms with van der Waals surface area (Å²) in [6.45, 7) is 0.803. The van der Waals surface area contributed by atoms with Crippen LogP contribution in [0.3, 0.4) is 0 Å². The first-order valence-corrected chi connectivity index (χ1v) is 7.45. The SMILES string of the molecule is CN(CCc1ccncc1)c1ncc(C(=O)NC2CC2)cn1. The normalized spacial score (nSPS) is 13.7. The lowest BCUT2D eigenvalue weighted by Crippen LogP contribution is -2.26. The van der Waals surface area contributed by atoms with Crippen LogP contribution in [0.5, 0.6) is 0 Å². The first-order valence-electron chi connectivity index (χ1n) is 7.45. The van der Waals surface area contributed by atoms with E-state index in [9.17, 15) is 4.79 Å². The second-order valence-corrected chi connectivity index (χ2v) is 5.55. The minimum absolute atomic E-state index is 0.0894. The van der Waals surface area contributed by atoms with Gasteiger partial charge in [0.05, 0.1) is 5.56 Å². The Labute approximate surface area is 129 Å². The molecule has 1 aliphatic carbocycles. The molecule has 0 unspecified atom stereocenters. The van der Waals surface area contributed by atoms with Gasteiger partial charge in [0.15, 0.2) is 0 Å². The summed E-state index contributed by atoms with van der Waals surface area (Å²) in [5.41, 5.74) is 1.74. The van der Waals surface area contributed by atoms with E-state index in [1.165, 1.54) is 5.56 Å². The number of nitrogens with zero attached hydrogens (tertiary/aromatic N) is 4. The van der Waals surface area contributed by atoms with E-state index in [1.807, 2.05) is 24.1 Å². The summed E-state index contributed by atoms with van der Waals surface area (Å²) < 4.78 is 0. The Bertz CT molecular complexity index is 625. The van der Waals surface area contributed by atoms with Crippen molar-refractivity contribution in [2.75, 3.05) is 18.5 Å². The number of anilines is 1. The lowest BCUT2D eigenvalue weighted by molar-refractivity contribution is 0.0950. The molecule has 0 atom stereocenters. The molecule has 0 aliphatic heterocycles. The van der Waals surface area contributed by atoms with Crippen LogP contribution in [0.2, 0.25) is 0 Å². The molecule has 0 spiro atoms. The van der Waals surface area contributed by atoms with Crippen molar-refractivity contribution in [3.05, 3.63) is 48.0 Å². The van der Waals surface area contributed by atoms with Crippen molar-refractivity contribution >= 4 is 11.9 Å². The third kappa shape index (κ3) is 3.78. The molecule has 3 rings (SSSR count). The van der Waals surface area contributed by atoms with E-state index >= 15 is 0 Å². The molecule has 1 saturated carbocycles. The van der Waals surface area contributed by atoms with Gasteiger partial charge in [-0.05, 0) is 37.0 Å². The zero-order chi connectivity index (χ0) is 15.4. The molecule has 0 bridgehead atoms. The standard InChI is InChI=1S/C16H19N5O/c1-21(9-6-12-4-7-17-8-5-12)16-18-10-13(11-19-16)15(22)20-14-2-3-14/h4-5,7-8,10-11,14H,2-3,6,9H2,1H3,(H,20,22). The van der Waals surface area contributed by atoms with Crippen molar-refractivity contribution in [3.63, 3.8) is 0 Å². The van der Waals surface area contributed by atoms with Crippen LogP contribution < -0.4 is 10.2 Å². The topological polar surface area (TPSA) is 71.0 Å². The lowest BCUT2D eigenvalue weighted by Gasteiger charge is -2.16. The lowest BCUT2D eigenvalue weighted by atomic mass is 10.2. The molecule has 2 heterocycles. The van der Waals surface area contributed by atoms with Gasteiger partial charge in [-0.1, -0.05) is 0 Å². The van der Waals surface area contributed by atoms with E-state index in [2.05, 4.69) is 20.3 Å². The largest absolute Gasteiger partial charge is 0.349 e. The Morgan fingerprint density at radius 1 is 1.27 bits per heavy atom. The summed E-state index contributed by atoms with van der Waals surface area (Å²) in [5.74, 6) is 0.533. The third-order valence-corrected chi connectivity index (χ3v) is 3.64. The third-order valence-electron chi connectivity index (χ3n) is 3.64. The van der Waals surface area contributed by atoms with Crippen molar-refractivity contribution in [2.45, 2.75) is 25.3 Å². The van der Waals surface area contributed by atoms with Gasteiger partial charge in [-0.15, -0.1) is 0 Å². The molecule has 1 N–H and O–H groups in total. The molecule has 1 fully saturated rings. The van der Waals surface area contributed by atoms with Crippen LogP contribution in [0.25, 0.3) is 0 Å². The van der Waals surface area contributed by atoms with Crippen molar-refractivity contribution < 1.29 is 4.79 Å². The summed E-state index contributed by atoms with van der Waals surface area (Å²) >= 11 is 0. The van der Waals surface area contributed by atoms with E-state index in [0.29, 0.717) is 17.6 Å². The number of rotatable bonds is 6. The molecular formula is C16H19N5O. The number of hydrogen-bond donors (Lipinski definition) is 1. The quantitative estimate of drug-likeness (QED) is 0.873. The first-order chi connectivity index (χ1) is 10.7. The Hall–Kier alpha value is -2.50. The molecule has 6 heteroatoms. The van der Waals surface area contributed by atoms with Crippen LogP contribution in [0, 0.1) is 0 Å². The maximum atomic E-state index is 11.9. The molecular weight excluding hydrogens is 278 g/mol. The molecule has 2 aromatic heterocycles. The monoisotopic (exact) mass is 297 g/mol. The fourth-order valence-electron chi connectivity index (χ4n) is 2.08. The fourth-order valence-corrected chi connectivity index (χ4v) is 2.08. The number of amides is 1. The van der Waals surface area contributed by atoms with Crippen molar-refractivity contribution in [1.82, 2.24) is 20.3 Å². The number of nitrogens with one attached hydrogen (secondary N) is 1. The molecule has 2 aromatic rings. The van der Waals surface area contributed by atoms with Crippen molar-refractivity contribution in [3.8, 4) is 0 Å². The van der Waals surface area contributed by atoms with Crippen LogP contribution in [0.4, 0.5) is 5.95 Å². The summed E-state index contributed by atoms with van der Waals surface area (Å²) in [6, 6.07) is 4.34. The highest BCUT2D eigenvalue weighted by molar-refractivity contribution is 5.94. The van der Waals surface area contributed by atoms with Crippen LogP contribution in [0.1, 0.15) is 28.8 Å². The van der Waals surface area contributed by atoms with Gasteiger partial charge < -0.3 is 10.2 Å². The number of carbonyl (C=O) groups is 1. The highest BCUT2D eigenvalue weighted by Crippen LogP contribution is 2.19. The van der Waals surface area contributed by atoms with Gasteiger partial charge in [0.25, 0.3) is 5.91 Å². The second kappa shape index (κ2) is 6.51. The molecule has 114 valence electrons. The van der Waals surface area contributed by atoms with Crippen molar-refractivity contribution in [1.29, 1.82) is 0 Å². The van der Waals surface area contributed by atoms with Gasteiger partial charge in [0.1, 0.15) is 0 Å². The van der Waals surface area contributed by atoms with Crippen molar-refractivity contribution in [2.24, 2.45) is 0 Å². The first kappa shape index (κ1) is 14.4. The van der Waals surface area contributed by atoms with Gasteiger partial charge in [0.2, 0.25) is 5.95 Å². The maximum absolute atomic E-state index is 11.9. The summed E-state index contributed by atoms with van der Waals surface area (Å²) in [7, 11) is 1.94. The van der Waals surface area contributed by atoms with E-state index in [-0.39, 0.29) is 5.91 Å². The van der Waals surface area contributed by atoms with Gasteiger partial charge in [-0.25, -0.2) is 9.97 Å². The molecule has 6 nitrogen and oxygen atoms in total. The predicted octanol–water partition coefficient (Wildman–Crippen LogP) is 1.44. The number of hydrogen-bond acceptors (Lipinski definition) is 5. The molecule has 1 amide bonds. The Kier molecular flexibility index (Phi) is 4.27. The Morgan fingerprint density at radius 3 is 2.59 bits per heavy atom. The number of pyridine rings is 1. The molecule has 22 heavy (non-hydrogen) atoms. The van der Waals surface area contributed by atoms with Crippen LogP contribution in [0.15, 0.2) is 36.9 Å². The fraction of sp³-hybridized carbons (Fsp3) is 0.375. The van der Waals surface area contributed by atoms with Crippen LogP contribution in [-0.4, -0.2) is 40.5 Å². The maximum Gasteiger partial charge on any atom is 0.254 e. The summed E-state index contributed by atoms with van der Waals surface area (Å²) in [5, 5.41) is 2.93. The Balaban J connectivity index is 1.55. The smallest absolute Gasteiger partial charge is 0.254 e. The second-order valence-electron chi connectivity index (χ2n) is 5.55. The molecule has 0 radical (unpaired) electrons. The Morgan fingerprint density at radius 2 is 1.95 bits per heavy atom. The van der Waals surface area contributed by atoms with Crippen LogP contribution in [-0.2, 0) is 6.42 Å². The van der Waals surface area contributed by atoms with Gasteiger partial charge in [0, 0.05) is 44.4 Å². The van der Waals surface area contributed by atoms with Gasteiger partial charge in [-0.3, -0.25) is 9.78 Å². The molecule has 0 aromatic carbocycles. The minimum Gasteiger partial charge on any atom is -0.349 e. The molecule has 1 aliphatic rings. The van der Waals surface area contributed by atoms with E-state index < -0.39 is 0 Å². The van der Waals surface area contributed by atoms with Gasteiger partial charge >= 0.3 is 0 Å². The average molecular weight is 297 g/mol. The zero-order valence-corrected chi connectivity index (χ0v) is 12.6. The summed E-state index contributed by atoms with van der Waals surface area (Å²) in [4.78, 5) is 26.4. The summed E-state index contributed by atoms with van der Waals surface area (Å²) in [6.07, 6.45) is 9.79. The number of carbonyl (C=O) groups excluding carboxylic acids is 1. The van der Waals surface area contributed by atoms with E-state index in [0.717, 1.165) is 25.8 Å².